The van der Waals surface area contributed by atoms with Crippen LogP contribution in [0.2, 0.25) is 0 Å². The molecule has 6 heteroatoms. The van der Waals surface area contributed by atoms with E-state index in [4.69, 9.17) is 0 Å². The van der Waals surface area contributed by atoms with Crippen molar-refractivity contribution in [3.05, 3.63) is 70.3 Å². The fourth-order valence-corrected chi connectivity index (χ4v) is 3.50. The quantitative estimate of drug-likeness (QED) is 0.556. The Hall–Kier alpha value is -0.736. The van der Waals surface area contributed by atoms with Crippen LogP contribution in [-0.2, 0) is 26.6 Å². The van der Waals surface area contributed by atoms with Crippen molar-refractivity contribution in [3.63, 3.8) is 0 Å². The molecule has 1 unspecified atom stereocenters. The summed E-state index contributed by atoms with van der Waals surface area (Å²) in [6.07, 6.45) is -2.21. The molecule has 2 aromatic rings. The van der Waals surface area contributed by atoms with Crippen molar-refractivity contribution in [2.75, 3.05) is 0 Å². The van der Waals surface area contributed by atoms with Gasteiger partial charge in [-0.1, -0.05) is 0 Å². The maximum atomic E-state index is 12.8. The van der Waals surface area contributed by atoms with Crippen molar-refractivity contribution >= 4 is 11.6 Å². The summed E-state index contributed by atoms with van der Waals surface area (Å²) in [7, 11) is 0. The fraction of sp³-hybridized carbons (Fsp3) is 0.176. The van der Waals surface area contributed by atoms with Gasteiger partial charge in [-0.05, 0) is 0 Å². The van der Waals surface area contributed by atoms with E-state index < -0.39 is 11.7 Å². The van der Waals surface area contributed by atoms with Crippen LogP contribution in [0.3, 0.4) is 0 Å². The van der Waals surface area contributed by atoms with Gasteiger partial charge in [0, 0.05) is 0 Å². The van der Waals surface area contributed by atoms with Crippen molar-refractivity contribution in [1.29, 1.82) is 0 Å². The van der Waals surface area contributed by atoms with Gasteiger partial charge in [-0.2, -0.15) is 0 Å². The van der Waals surface area contributed by atoms with Gasteiger partial charge in [-0.3, -0.25) is 0 Å². The summed E-state index contributed by atoms with van der Waals surface area (Å²) < 4.78 is 38.5. The first-order chi connectivity index (χ1) is 9.88. The average molecular weight is 392 g/mol. The number of allylic oxidation sites excluding steroid dienone is 1. The zero-order valence-corrected chi connectivity index (χ0v) is 15.2. The number of rotatable bonds is 1. The topological polar surface area (TPSA) is 0 Å². The Morgan fingerprint density at radius 2 is 1.65 bits per heavy atom. The molecule has 0 nitrogen and oxygen atoms in total. The van der Waals surface area contributed by atoms with Crippen molar-refractivity contribution in [2.45, 2.75) is 17.3 Å². The largest absolute Gasteiger partial charge is 1.00 e. The zero-order valence-electron chi connectivity index (χ0n) is 12.1. The van der Waals surface area contributed by atoms with Gasteiger partial charge < -0.3 is 24.8 Å². The summed E-state index contributed by atoms with van der Waals surface area (Å²) >= 11 is 2.09. The summed E-state index contributed by atoms with van der Waals surface area (Å²) in [5.41, 5.74) is 4.43. The predicted octanol–water partition coefficient (Wildman–Crippen LogP) is -0.836. The molecular weight excluding hydrogens is 380 g/mol. The first-order valence-corrected chi connectivity index (χ1v) is 7.48. The van der Waals surface area contributed by atoms with Crippen LogP contribution in [-0.4, -0.2) is 0 Å². The third kappa shape index (κ3) is 3.85. The second-order valence-corrected chi connectivity index (χ2v) is 6.09. The minimum Gasteiger partial charge on any atom is -1.00 e. The third-order valence-electron chi connectivity index (χ3n) is 3.79. The summed E-state index contributed by atoms with van der Waals surface area (Å²) in [5.74, 6) is 0. The van der Waals surface area contributed by atoms with Crippen molar-refractivity contribution < 1.29 is 58.4 Å². The van der Waals surface area contributed by atoms with Gasteiger partial charge in [0.1, 0.15) is 0 Å². The van der Waals surface area contributed by atoms with Gasteiger partial charge >= 0.3 is 133 Å². The number of halogens is 5. The summed E-state index contributed by atoms with van der Waals surface area (Å²) in [4.78, 5) is 0. The number of benzene rings is 2. The van der Waals surface area contributed by atoms with E-state index in [1.54, 1.807) is 13.0 Å². The number of aryl methyl sites for hydroxylation is 1. The second-order valence-electron chi connectivity index (χ2n) is 5.19. The molecule has 23 heavy (non-hydrogen) atoms. The molecule has 0 aromatic heterocycles. The predicted molar refractivity (Wildman–Crippen MR) is 73.2 cm³/mol. The molecule has 0 spiro atoms. The monoisotopic (exact) mass is 391 g/mol. The van der Waals surface area contributed by atoms with Gasteiger partial charge in [0.15, 0.2) is 0 Å². The van der Waals surface area contributed by atoms with E-state index in [0.717, 1.165) is 16.7 Å². The van der Waals surface area contributed by atoms with Crippen LogP contribution in [0.4, 0.5) is 13.2 Å². The number of hydrogen-bond donors (Lipinski definition) is 0. The normalized spacial score (nSPS) is 16.1. The number of alkyl halides is 3. The van der Waals surface area contributed by atoms with Crippen molar-refractivity contribution in [3.8, 4) is 0 Å². The summed E-state index contributed by atoms with van der Waals surface area (Å²) in [6.45, 7) is 1.74. The van der Waals surface area contributed by atoms with Crippen molar-refractivity contribution in [2.24, 2.45) is 0 Å². The molecule has 0 amide bonds. The Labute approximate surface area is 157 Å². The molecule has 0 saturated carbocycles. The van der Waals surface area contributed by atoms with Crippen LogP contribution in [0, 0.1) is 6.92 Å². The van der Waals surface area contributed by atoms with E-state index in [1.807, 2.05) is 18.2 Å². The van der Waals surface area contributed by atoms with Crippen LogP contribution < -0.4 is 24.8 Å². The maximum Gasteiger partial charge on any atom is -1.00 e. The molecule has 0 saturated heterocycles. The molecule has 2 aromatic carbocycles. The Balaban J connectivity index is 0.00000132. The molecular formula is C17H12Cl2F3Ti. The van der Waals surface area contributed by atoms with Crippen LogP contribution in [0.5, 0.6) is 0 Å². The molecule has 3 rings (SSSR count). The van der Waals surface area contributed by atoms with E-state index >= 15 is 0 Å². The van der Waals surface area contributed by atoms with Crippen LogP contribution in [0.25, 0.3) is 11.6 Å². The Morgan fingerprint density at radius 1 is 1.00 bits per heavy atom. The van der Waals surface area contributed by atoms with Gasteiger partial charge in [0.2, 0.25) is 0 Å². The molecule has 0 fully saturated rings. The molecule has 0 radical (unpaired) electrons. The molecule has 119 valence electrons. The Kier molecular flexibility index (Phi) is 6.57. The molecule has 1 atom stereocenters. The molecule has 0 heterocycles. The van der Waals surface area contributed by atoms with Crippen LogP contribution in [0.15, 0.2) is 42.5 Å². The van der Waals surface area contributed by atoms with Gasteiger partial charge in [0.05, 0.1) is 0 Å². The minimum absolute atomic E-state index is 0. The van der Waals surface area contributed by atoms with E-state index in [1.165, 1.54) is 17.7 Å². The number of hydrogen-bond acceptors (Lipinski definition) is 0. The van der Waals surface area contributed by atoms with Crippen LogP contribution >= 0.6 is 0 Å². The average Bonchev–Trinajstić information content (AvgIpc) is 2.75. The third-order valence-corrected chi connectivity index (χ3v) is 4.77. The standard InChI is InChI=1S/C17H12F3.2ClH.Ti/c1-11-8-15(17(18,19)20)6-7-16(11)14-9-12-4-2-3-5-13(12)10-14;;;/h2-10H,1H3;2*1H;/q;;;+2/p-2. The first kappa shape index (κ1) is 20.3. The fourth-order valence-electron chi connectivity index (χ4n) is 2.72. The van der Waals surface area contributed by atoms with E-state index in [9.17, 15) is 13.2 Å². The number of fused-ring (bicyclic) bond motifs is 1. The molecule has 1 aliphatic carbocycles. The summed E-state index contributed by atoms with van der Waals surface area (Å²) in [5, 5.41) is 0. The first-order valence-electron chi connectivity index (χ1n) is 6.58. The molecule has 1 aliphatic rings. The zero-order chi connectivity index (χ0) is 15.2. The van der Waals surface area contributed by atoms with Gasteiger partial charge in [-0.25, -0.2) is 0 Å². The minimum atomic E-state index is -4.29. The Bertz CT molecular complexity index is 739. The van der Waals surface area contributed by atoms with E-state index in [-0.39, 0.29) is 29.0 Å². The van der Waals surface area contributed by atoms with Crippen LogP contribution in [0.1, 0.15) is 32.0 Å². The van der Waals surface area contributed by atoms with E-state index in [0.29, 0.717) is 5.56 Å². The Morgan fingerprint density at radius 3 is 2.22 bits per heavy atom. The van der Waals surface area contributed by atoms with Gasteiger partial charge in [-0.15, -0.1) is 0 Å². The smallest absolute Gasteiger partial charge is 1.00 e. The SMILES string of the molecule is Cc1cc(C(F)(F)F)ccc1C1=Cc2ccccc2[CH]1[Ti+2].[Cl-].[Cl-]. The van der Waals surface area contributed by atoms with Crippen molar-refractivity contribution in [1.82, 2.24) is 0 Å². The molecule has 0 N–H and O–H groups in total. The van der Waals surface area contributed by atoms with Gasteiger partial charge in [0.25, 0.3) is 0 Å². The second kappa shape index (κ2) is 7.44. The summed E-state index contributed by atoms with van der Waals surface area (Å²) in [6, 6.07) is 12.1. The maximum absolute atomic E-state index is 12.8. The van der Waals surface area contributed by atoms with E-state index in [2.05, 4.69) is 32.6 Å². The molecule has 0 bridgehead atoms. The molecule has 0 aliphatic heterocycles.